The average Bonchev–Trinajstić information content (AvgIpc) is 2.70. The predicted octanol–water partition coefficient (Wildman–Crippen LogP) is 3.99. The molecule has 1 aromatic heterocycles. The molecule has 0 aliphatic carbocycles. The molecule has 4 rings (SSSR count). The maximum absolute atomic E-state index is 13.0. The third kappa shape index (κ3) is 3.98. The molecule has 0 fully saturated rings. The summed E-state index contributed by atoms with van der Waals surface area (Å²) in [5.74, 6) is 1.15. The third-order valence-electron chi connectivity index (χ3n) is 3.94. The van der Waals surface area contributed by atoms with E-state index >= 15 is 0 Å². The minimum Gasteiger partial charge on any atom is -0.486 e. The number of nitrogens with one attached hydrogen (secondary N) is 2. The number of hydrogen-bond acceptors (Lipinski definition) is 5. The molecule has 0 radical (unpaired) electrons. The Balaban J connectivity index is 1.48. The summed E-state index contributed by atoms with van der Waals surface area (Å²) in [6.07, 6.45) is 1.53. The Bertz CT molecular complexity index is 976. The molecule has 0 unspecified atom stereocenters. The zero-order valence-corrected chi connectivity index (χ0v) is 14.2. The van der Waals surface area contributed by atoms with E-state index in [0.29, 0.717) is 47.5 Å². The first-order valence-corrected chi connectivity index (χ1v) is 8.37. The number of carbonyl (C=O) groups excluding carboxylic acids is 1. The lowest BCUT2D eigenvalue weighted by Crippen LogP contribution is -2.16. The highest BCUT2D eigenvalue weighted by atomic mass is 19.1. The van der Waals surface area contributed by atoms with Crippen LogP contribution in [0.3, 0.4) is 0 Å². The first-order valence-electron chi connectivity index (χ1n) is 8.37. The van der Waals surface area contributed by atoms with Crippen molar-refractivity contribution in [2.75, 3.05) is 23.8 Å². The van der Waals surface area contributed by atoms with E-state index in [9.17, 15) is 9.18 Å². The smallest absolute Gasteiger partial charge is 0.255 e. The molecule has 0 spiro atoms. The number of pyridine rings is 1. The van der Waals surface area contributed by atoms with Crippen LogP contribution in [0.25, 0.3) is 0 Å². The fourth-order valence-electron chi connectivity index (χ4n) is 2.65. The van der Waals surface area contributed by atoms with Gasteiger partial charge in [-0.2, -0.15) is 0 Å². The first-order chi connectivity index (χ1) is 13.2. The lowest BCUT2D eigenvalue weighted by molar-refractivity contribution is 0.102. The molecule has 0 atom stereocenters. The molecule has 7 heteroatoms. The molecule has 2 aromatic carbocycles. The van der Waals surface area contributed by atoms with Crippen LogP contribution >= 0.6 is 0 Å². The van der Waals surface area contributed by atoms with Gasteiger partial charge in [0.05, 0.1) is 0 Å². The van der Waals surface area contributed by atoms with Gasteiger partial charge in [-0.05, 0) is 48.5 Å². The monoisotopic (exact) mass is 365 g/mol. The average molecular weight is 365 g/mol. The number of benzene rings is 2. The number of aromatic nitrogens is 1. The van der Waals surface area contributed by atoms with Crippen LogP contribution in [0.2, 0.25) is 0 Å². The van der Waals surface area contributed by atoms with E-state index in [1.165, 1.54) is 18.3 Å². The van der Waals surface area contributed by atoms with Crippen molar-refractivity contribution >= 4 is 23.1 Å². The molecule has 3 aromatic rings. The van der Waals surface area contributed by atoms with Gasteiger partial charge in [0.25, 0.3) is 5.91 Å². The maximum atomic E-state index is 13.0. The minimum atomic E-state index is -0.318. The third-order valence-corrected chi connectivity index (χ3v) is 3.94. The fraction of sp³-hybridized carbons (Fsp3) is 0.100. The van der Waals surface area contributed by atoms with Gasteiger partial charge in [0.1, 0.15) is 24.8 Å². The Morgan fingerprint density at radius 1 is 0.926 bits per heavy atom. The van der Waals surface area contributed by atoms with Gasteiger partial charge in [0.2, 0.25) is 0 Å². The number of ether oxygens (including phenoxy) is 2. The number of halogens is 1. The van der Waals surface area contributed by atoms with Crippen molar-refractivity contribution in [3.63, 3.8) is 0 Å². The van der Waals surface area contributed by atoms with Gasteiger partial charge in [-0.25, -0.2) is 9.37 Å². The van der Waals surface area contributed by atoms with Gasteiger partial charge in [-0.15, -0.1) is 0 Å². The van der Waals surface area contributed by atoms with Crippen LogP contribution in [0, 0.1) is 5.82 Å². The Labute approximate surface area is 155 Å². The van der Waals surface area contributed by atoms with Gasteiger partial charge in [0, 0.05) is 29.2 Å². The molecule has 6 nitrogen and oxygen atoms in total. The Morgan fingerprint density at radius 2 is 1.67 bits per heavy atom. The van der Waals surface area contributed by atoms with E-state index in [2.05, 4.69) is 15.6 Å². The summed E-state index contributed by atoms with van der Waals surface area (Å²) in [6, 6.07) is 14.4. The molecule has 0 bridgehead atoms. The number of nitrogens with zero attached hydrogens (tertiary/aromatic N) is 1. The van der Waals surface area contributed by atoms with E-state index in [1.807, 2.05) is 0 Å². The van der Waals surface area contributed by atoms with Gasteiger partial charge >= 0.3 is 0 Å². The van der Waals surface area contributed by atoms with E-state index in [0.717, 1.165) is 0 Å². The standard InChI is InChI=1S/C20H16FN3O3/c21-14-1-3-15(4-2-14)23-19-11-13(7-8-22-19)20(25)24-16-5-6-17-18(12-16)27-10-9-26-17/h1-8,11-12H,9-10H2,(H,22,23)(H,24,25). The molecule has 2 N–H and O–H groups in total. The normalized spacial score (nSPS) is 12.3. The van der Waals surface area contributed by atoms with Gasteiger partial charge in [-0.3, -0.25) is 4.79 Å². The number of carbonyl (C=O) groups is 1. The molecule has 1 aliphatic heterocycles. The quantitative estimate of drug-likeness (QED) is 0.731. The largest absolute Gasteiger partial charge is 0.486 e. The number of rotatable bonds is 4. The number of anilines is 3. The topological polar surface area (TPSA) is 72.5 Å². The summed E-state index contributed by atoms with van der Waals surface area (Å²) in [5, 5.41) is 5.86. The molecule has 0 saturated heterocycles. The van der Waals surface area contributed by atoms with Crippen molar-refractivity contribution in [2.45, 2.75) is 0 Å². The Kier molecular flexibility index (Phi) is 4.57. The van der Waals surface area contributed by atoms with Crippen LogP contribution in [0.15, 0.2) is 60.8 Å². The van der Waals surface area contributed by atoms with E-state index in [-0.39, 0.29) is 11.7 Å². The summed E-state index contributed by atoms with van der Waals surface area (Å²) < 4.78 is 24.0. The highest BCUT2D eigenvalue weighted by Crippen LogP contribution is 2.32. The predicted molar refractivity (Wildman–Crippen MR) is 99.3 cm³/mol. The van der Waals surface area contributed by atoms with Gasteiger partial charge in [0.15, 0.2) is 11.5 Å². The van der Waals surface area contributed by atoms with Crippen molar-refractivity contribution in [3.8, 4) is 11.5 Å². The van der Waals surface area contributed by atoms with Crippen LogP contribution in [-0.4, -0.2) is 24.1 Å². The highest BCUT2D eigenvalue weighted by molar-refractivity contribution is 6.04. The summed E-state index contributed by atoms with van der Waals surface area (Å²) >= 11 is 0. The maximum Gasteiger partial charge on any atom is 0.255 e. The molecule has 2 heterocycles. The fourth-order valence-corrected chi connectivity index (χ4v) is 2.65. The number of amides is 1. The SMILES string of the molecule is O=C(Nc1ccc2c(c1)OCCO2)c1ccnc(Nc2ccc(F)cc2)c1. The molecule has 136 valence electrons. The second kappa shape index (κ2) is 7.33. The van der Waals surface area contributed by atoms with Crippen LogP contribution in [-0.2, 0) is 0 Å². The van der Waals surface area contributed by atoms with Crippen molar-refractivity contribution in [2.24, 2.45) is 0 Å². The van der Waals surface area contributed by atoms with Crippen molar-refractivity contribution in [3.05, 3.63) is 72.2 Å². The van der Waals surface area contributed by atoms with E-state index in [1.54, 1.807) is 42.5 Å². The van der Waals surface area contributed by atoms with Crippen molar-refractivity contribution in [1.82, 2.24) is 4.98 Å². The second-order valence-electron chi connectivity index (χ2n) is 5.87. The van der Waals surface area contributed by atoms with Crippen LogP contribution in [0.4, 0.5) is 21.6 Å². The Morgan fingerprint density at radius 3 is 2.48 bits per heavy atom. The minimum absolute atomic E-state index is 0.281. The van der Waals surface area contributed by atoms with E-state index < -0.39 is 0 Å². The summed E-state index contributed by atoms with van der Waals surface area (Å²) in [4.78, 5) is 16.7. The summed E-state index contributed by atoms with van der Waals surface area (Å²) in [7, 11) is 0. The van der Waals surface area contributed by atoms with Crippen molar-refractivity contribution in [1.29, 1.82) is 0 Å². The molecular formula is C20H16FN3O3. The van der Waals surface area contributed by atoms with Crippen molar-refractivity contribution < 1.29 is 18.7 Å². The summed E-state index contributed by atoms with van der Waals surface area (Å²) in [6.45, 7) is 0.993. The number of hydrogen-bond donors (Lipinski definition) is 2. The highest BCUT2D eigenvalue weighted by Gasteiger charge is 2.14. The lowest BCUT2D eigenvalue weighted by Gasteiger charge is -2.19. The second-order valence-corrected chi connectivity index (χ2v) is 5.87. The van der Waals surface area contributed by atoms with Gasteiger partial charge < -0.3 is 20.1 Å². The van der Waals surface area contributed by atoms with Crippen LogP contribution < -0.4 is 20.1 Å². The van der Waals surface area contributed by atoms with E-state index in [4.69, 9.17) is 9.47 Å². The van der Waals surface area contributed by atoms with Crippen LogP contribution in [0.5, 0.6) is 11.5 Å². The Hall–Kier alpha value is -3.61. The zero-order valence-electron chi connectivity index (χ0n) is 14.2. The lowest BCUT2D eigenvalue weighted by atomic mass is 10.2. The summed E-state index contributed by atoms with van der Waals surface area (Å²) in [5.41, 5.74) is 1.71. The first kappa shape index (κ1) is 16.8. The molecule has 1 aliphatic rings. The van der Waals surface area contributed by atoms with Gasteiger partial charge in [-0.1, -0.05) is 0 Å². The molecule has 27 heavy (non-hydrogen) atoms. The molecular weight excluding hydrogens is 349 g/mol. The molecule has 0 saturated carbocycles. The number of fused-ring (bicyclic) bond motifs is 1. The zero-order chi connectivity index (χ0) is 18.6. The molecule has 1 amide bonds. The van der Waals surface area contributed by atoms with Crippen LogP contribution in [0.1, 0.15) is 10.4 Å².